The molecule has 0 saturated heterocycles. The van der Waals surface area contributed by atoms with Gasteiger partial charge in [0.25, 0.3) is 5.91 Å². The molecular weight excluding hydrogens is 278 g/mol. The Bertz CT molecular complexity index is 527. The van der Waals surface area contributed by atoms with Crippen LogP contribution < -0.4 is 9.64 Å². The molecule has 1 aromatic rings. The Morgan fingerprint density at radius 1 is 1.18 bits per heavy atom. The Labute approximate surface area is 132 Å². The van der Waals surface area contributed by atoms with Crippen molar-refractivity contribution in [1.82, 2.24) is 0 Å². The molecule has 0 bridgehead atoms. The Morgan fingerprint density at radius 3 is 2.64 bits per heavy atom. The van der Waals surface area contributed by atoms with Crippen LogP contribution >= 0.6 is 0 Å². The summed E-state index contributed by atoms with van der Waals surface area (Å²) in [4.78, 5) is 25.3. The summed E-state index contributed by atoms with van der Waals surface area (Å²) >= 11 is 0. The van der Waals surface area contributed by atoms with Crippen molar-refractivity contribution in [2.24, 2.45) is 0 Å². The molecule has 4 nitrogen and oxygen atoms in total. The van der Waals surface area contributed by atoms with E-state index in [-0.39, 0.29) is 5.91 Å². The smallest absolute Gasteiger partial charge is 0.268 e. The third-order valence-electron chi connectivity index (χ3n) is 4.08. The van der Waals surface area contributed by atoms with Gasteiger partial charge in [-0.3, -0.25) is 9.59 Å². The highest BCUT2D eigenvalue weighted by Gasteiger charge is 2.32. The van der Waals surface area contributed by atoms with E-state index in [4.69, 9.17) is 4.74 Å². The summed E-state index contributed by atoms with van der Waals surface area (Å²) in [5, 5.41) is 0. The summed E-state index contributed by atoms with van der Waals surface area (Å²) in [5.74, 6) is 0.708. The van der Waals surface area contributed by atoms with Crippen molar-refractivity contribution >= 4 is 17.9 Å². The molecule has 1 aliphatic rings. The van der Waals surface area contributed by atoms with Crippen molar-refractivity contribution in [1.29, 1.82) is 0 Å². The average Bonchev–Trinajstić information content (AvgIpc) is 2.55. The van der Waals surface area contributed by atoms with Crippen molar-refractivity contribution in [3.05, 3.63) is 23.8 Å². The van der Waals surface area contributed by atoms with Crippen molar-refractivity contribution in [3.63, 3.8) is 0 Å². The van der Waals surface area contributed by atoms with Crippen LogP contribution in [0.5, 0.6) is 5.75 Å². The molecule has 0 aliphatic carbocycles. The number of hydrogen-bond donors (Lipinski definition) is 0. The molecule has 0 aromatic heterocycles. The number of hydrogen-bond acceptors (Lipinski definition) is 3. The van der Waals surface area contributed by atoms with Gasteiger partial charge in [0, 0.05) is 12.1 Å². The molecular formula is C18H25NO3. The second-order valence-corrected chi connectivity index (χ2v) is 5.76. The fourth-order valence-corrected chi connectivity index (χ4v) is 2.78. The number of fused-ring (bicyclic) bond motifs is 1. The Balaban J connectivity index is 2.14. The SMILES string of the molecule is CCCCCCCN1C(=O)C(CC)Oc2ccc(C=O)cc21. The summed E-state index contributed by atoms with van der Waals surface area (Å²) in [6.45, 7) is 4.83. The van der Waals surface area contributed by atoms with Gasteiger partial charge < -0.3 is 9.64 Å². The zero-order chi connectivity index (χ0) is 15.9. The Hall–Kier alpha value is -1.84. The molecule has 0 spiro atoms. The lowest BCUT2D eigenvalue weighted by Gasteiger charge is -2.34. The predicted molar refractivity (Wildman–Crippen MR) is 87.6 cm³/mol. The minimum atomic E-state index is -0.412. The summed E-state index contributed by atoms with van der Waals surface area (Å²) in [5.41, 5.74) is 1.30. The van der Waals surface area contributed by atoms with Gasteiger partial charge in [0.2, 0.25) is 0 Å². The number of ether oxygens (including phenoxy) is 1. The van der Waals surface area contributed by atoms with Gasteiger partial charge >= 0.3 is 0 Å². The largest absolute Gasteiger partial charge is 0.478 e. The molecule has 1 atom stereocenters. The molecule has 0 saturated carbocycles. The van der Waals surface area contributed by atoms with Crippen LogP contribution in [0.3, 0.4) is 0 Å². The summed E-state index contributed by atoms with van der Waals surface area (Å²) < 4.78 is 5.76. The lowest BCUT2D eigenvalue weighted by Crippen LogP contribution is -2.46. The monoisotopic (exact) mass is 303 g/mol. The quantitative estimate of drug-likeness (QED) is 0.539. The first-order valence-corrected chi connectivity index (χ1v) is 8.28. The number of rotatable bonds is 8. The summed E-state index contributed by atoms with van der Waals surface area (Å²) in [6.07, 6.45) is 6.79. The maximum Gasteiger partial charge on any atom is 0.268 e. The Morgan fingerprint density at radius 2 is 1.95 bits per heavy atom. The van der Waals surface area contributed by atoms with Crippen molar-refractivity contribution in [2.75, 3.05) is 11.4 Å². The van der Waals surface area contributed by atoms with E-state index >= 15 is 0 Å². The van der Waals surface area contributed by atoms with E-state index in [0.717, 1.165) is 24.8 Å². The normalized spacial score (nSPS) is 17.1. The number of nitrogens with zero attached hydrogens (tertiary/aromatic N) is 1. The molecule has 0 fully saturated rings. The minimum Gasteiger partial charge on any atom is -0.478 e. The highest BCUT2D eigenvalue weighted by atomic mass is 16.5. The molecule has 0 N–H and O–H groups in total. The van der Waals surface area contributed by atoms with Gasteiger partial charge in [-0.25, -0.2) is 0 Å². The molecule has 120 valence electrons. The van der Waals surface area contributed by atoms with Gasteiger partial charge in [-0.05, 0) is 31.0 Å². The van der Waals surface area contributed by atoms with Crippen LogP contribution in [0, 0.1) is 0 Å². The third kappa shape index (κ3) is 3.67. The van der Waals surface area contributed by atoms with Crippen LogP contribution in [0.25, 0.3) is 0 Å². The average molecular weight is 303 g/mol. The molecule has 1 aliphatic heterocycles. The topological polar surface area (TPSA) is 46.6 Å². The fourth-order valence-electron chi connectivity index (χ4n) is 2.78. The molecule has 22 heavy (non-hydrogen) atoms. The first-order valence-electron chi connectivity index (χ1n) is 8.28. The standard InChI is InChI=1S/C18H25NO3/c1-3-5-6-7-8-11-19-15-12-14(13-20)9-10-17(15)22-16(4-2)18(19)21/h9-10,12-13,16H,3-8,11H2,1-2H3. The number of amides is 1. The van der Waals surface area contributed by atoms with Crippen LogP contribution in [-0.2, 0) is 4.79 Å². The summed E-state index contributed by atoms with van der Waals surface area (Å²) in [7, 11) is 0. The van der Waals surface area contributed by atoms with Crippen molar-refractivity contribution < 1.29 is 14.3 Å². The zero-order valence-corrected chi connectivity index (χ0v) is 13.5. The third-order valence-corrected chi connectivity index (χ3v) is 4.08. The van der Waals surface area contributed by atoms with E-state index in [1.807, 2.05) is 6.92 Å². The van der Waals surface area contributed by atoms with E-state index in [1.54, 1.807) is 23.1 Å². The molecule has 4 heteroatoms. The van der Waals surface area contributed by atoms with E-state index in [9.17, 15) is 9.59 Å². The van der Waals surface area contributed by atoms with Crippen LogP contribution in [0.4, 0.5) is 5.69 Å². The second-order valence-electron chi connectivity index (χ2n) is 5.76. The van der Waals surface area contributed by atoms with Gasteiger partial charge in [0.1, 0.15) is 12.0 Å². The highest BCUT2D eigenvalue weighted by Crippen LogP contribution is 2.35. The van der Waals surface area contributed by atoms with Crippen LogP contribution in [-0.4, -0.2) is 24.8 Å². The lowest BCUT2D eigenvalue weighted by atomic mass is 10.1. The minimum absolute atomic E-state index is 0.00791. The first kappa shape index (κ1) is 16.5. The van der Waals surface area contributed by atoms with E-state index < -0.39 is 6.10 Å². The Kier molecular flexibility index (Phi) is 5.99. The van der Waals surface area contributed by atoms with Gasteiger partial charge in [-0.15, -0.1) is 0 Å². The molecule has 1 amide bonds. The van der Waals surface area contributed by atoms with Crippen LogP contribution in [0.15, 0.2) is 18.2 Å². The number of carbonyl (C=O) groups is 2. The van der Waals surface area contributed by atoms with Crippen LogP contribution in [0.2, 0.25) is 0 Å². The molecule has 0 radical (unpaired) electrons. The van der Waals surface area contributed by atoms with Crippen molar-refractivity contribution in [2.45, 2.75) is 58.5 Å². The maximum atomic E-state index is 12.6. The maximum absolute atomic E-state index is 12.6. The predicted octanol–water partition coefficient (Wildman–Crippen LogP) is 3.97. The molecule has 1 heterocycles. The molecule has 1 unspecified atom stereocenters. The highest BCUT2D eigenvalue weighted by molar-refractivity contribution is 6.00. The summed E-state index contributed by atoms with van der Waals surface area (Å²) in [6, 6.07) is 5.27. The van der Waals surface area contributed by atoms with E-state index in [1.165, 1.54) is 19.3 Å². The molecule has 1 aromatic carbocycles. The number of aldehydes is 1. The molecule has 2 rings (SSSR count). The van der Waals surface area contributed by atoms with Crippen LogP contribution in [0.1, 0.15) is 62.7 Å². The number of benzene rings is 1. The second kappa shape index (κ2) is 7.97. The van der Waals surface area contributed by atoms with Gasteiger partial charge in [0.05, 0.1) is 5.69 Å². The number of unbranched alkanes of at least 4 members (excludes halogenated alkanes) is 4. The van der Waals surface area contributed by atoms with Gasteiger partial charge in [0.15, 0.2) is 6.10 Å². The lowest BCUT2D eigenvalue weighted by molar-refractivity contribution is -0.126. The number of carbonyl (C=O) groups excluding carboxylic acids is 2. The zero-order valence-electron chi connectivity index (χ0n) is 13.5. The van der Waals surface area contributed by atoms with Gasteiger partial charge in [-0.2, -0.15) is 0 Å². The van der Waals surface area contributed by atoms with Gasteiger partial charge in [-0.1, -0.05) is 39.5 Å². The van der Waals surface area contributed by atoms with E-state index in [2.05, 4.69) is 6.92 Å². The van der Waals surface area contributed by atoms with Crippen molar-refractivity contribution in [3.8, 4) is 5.75 Å². The van der Waals surface area contributed by atoms with E-state index in [0.29, 0.717) is 24.3 Å². The number of anilines is 1. The fraction of sp³-hybridized carbons (Fsp3) is 0.556. The first-order chi connectivity index (χ1) is 10.7.